The average Bonchev–Trinajstić information content (AvgIpc) is 3.96. The van der Waals surface area contributed by atoms with E-state index in [1.54, 1.807) is 12.1 Å². The first-order valence-corrected chi connectivity index (χ1v) is 17.8. The number of hydrogen-bond donors (Lipinski definition) is 0. The second kappa shape index (κ2) is 19.5. The molecular weight excluding hydrogens is 846 g/mol. The van der Waals surface area contributed by atoms with Crippen molar-refractivity contribution in [3.63, 3.8) is 0 Å². The molecule has 0 spiro atoms. The summed E-state index contributed by atoms with van der Waals surface area (Å²) in [5, 5.41) is 27.0. The first-order chi connectivity index (χ1) is 29.1. The van der Waals surface area contributed by atoms with E-state index in [1.807, 2.05) is 0 Å². The van der Waals surface area contributed by atoms with Crippen LogP contribution in [0.25, 0.3) is 10.4 Å². The van der Waals surface area contributed by atoms with Crippen LogP contribution in [0.3, 0.4) is 0 Å². The molecule has 5 heterocycles. The molecule has 0 unspecified atom stereocenters. The van der Waals surface area contributed by atoms with Crippen molar-refractivity contribution in [2.45, 2.75) is 31.6 Å². The van der Waals surface area contributed by atoms with Gasteiger partial charge < -0.3 is 19.3 Å². The summed E-state index contributed by atoms with van der Waals surface area (Å²) in [5.41, 5.74) is 5.84. The lowest BCUT2D eigenvalue weighted by Gasteiger charge is -2.25. The highest BCUT2D eigenvalue weighted by atomic mass is 35.5. The number of nitrogens with zero attached hydrogens (tertiary/aromatic N) is 12. The van der Waals surface area contributed by atoms with Crippen molar-refractivity contribution in [2.24, 2.45) is 5.11 Å². The summed E-state index contributed by atoms with van der Waals surface area (Å²) in [6, 6.07) is 4.80. The molecule has 2 fully saturated rings. The molecule has 316 valence electrons. The number of halogens is 7. The number of hydrogen-bond acceptors (Lipinski definition) is 13. The molecule has 0 saturated carbocycles. The number of ketones is 2. The molecule has 2 saturated heterocycles. The molecule has 61 heavy (non-hydrogen) atoms. The van der Waals surface area contributed by atoms with Gasteiger partial charge in [0, 0.05) is 55.4 Å². The van der Waals surface area contributed by atoms with E-state index in [-0.39, 0.29) is 74.4 Å². The van der Waals surface area contributed by atoms with Crippen molar-refractivity contribution in [1.29, 1.82) is 10.5 Å². The summed E-state index contributed by atoms with van der Waals surface area (Å²) in [7, 11) is 0. The number of aromatic nitrogens is 3. The Hall–Kier alpha value is -7.56. The third-order valence-electron chi connectivity index (χ3n) is 8.73. The zero-order valence-electron chi connectivity index (χ0n) is 31.0. The minimum atomic E-state index is -1.48. The van der Waals surface area contributed by atoms with Gasteiger partial charge in [0.1, 0.15) is 40.8 Å². The minimum Gasteiger partial charge on any atom is -0.444 e. The number of benzene rings is 2. The van der Waals surface area contributed by atoms with Crippen LogP contribution in [0, 0.1) is 57.6 Å². The number of azide groups is 1. The SMILES string of the molecule is C=C(Cl)C#N.N#Cc1cn(C[C@H]2CN(c3cc(F)c(N4C=CC(=O)CC4)c(F)c3F)C(=O)O2)nn1.[N-]=[N+]=NC[C@H]1CN(c2cc(F)c(N3C=CC(=O)CC3)c(F)c2F)C(=O)O1. The molecule has 0 bridgehead atoms. The van der Waals surface area contributed by atoms with Crippen LogP contribution in [0.2, 0.25) is 0 Å². The van der Waals surface area contributed by atoms with Gasteiger partial charge in [-0.3, -0.25) is 19.4 Å². The lowest BCUT2D eigenvalue weighted by atomic mass is 10.1. The van der Waals surface area contributed by atoms with Gasteiger partial charge in [0.2, 0.25) is 0 Å². The van der Waals surface area contributed by atoms with Crippen LogP contribution < -0.4 is 19.6 Å². The van der Waals surface area contributed by atoms with Crippen molar-refractivity contribution in [3.05, 3.63) is 106 Å². The molecule has 0 radical (unpaired) electrons. The Morgan fingerprint density at radius 2 is 1.33 bits per heavy atom. The molecule has 3 aromatic rings. The number of amides is 2. The fourth-order valence-corrected chi connectivity index (χ4v) is 5.96. The summed E-state index contributed by atoms with van der Waals surface area (Å²) < 4.78 is 98.7. The van der Waals surface area contributed by atoms with Crippen LogP contribution in [-0.2, 0) is 25.6 Å². The Bertz CT molecular complexity index is 2480. The molecule has 4 aliphatic heterocycles. The van der Waals surface area contributed by atoms with E-state index < -0.39 is 82.0 Å². The number of rotatable bonds is 8. The van der Waals surface area contributed by atoms with E-state index in [9.17, 15) is 45.5 Å². The average molecular weight is 873 g/mol. The number of carbonyl (C=O) groups excluding carboxylic acids is 4. The van der Waals surface area contributed by atoms with E-state index in [0.717, 1.165) is 31.8 Å². The number of carbonyl (C=O) groups is 4. The van der Waals surface area contributed by atoms with Crippen molar-refractivity contribution in [3.8, 4) is 12.1 Å². The number of cyclic esters (lactones) is 2. The van der Waals surface area contributed by atoms with E-state index in [1.165, 1.54) is 23.3 Å². The van der Waals surface area contributed by atoms with Gasteiger partial charge in [-0.25, -0.2) is 40.6 Å². The van der Waals surface area contributed by atoms with E-state index in [0.29, 0.717) is 12.1 Å². The standard InChI is InChI=1S/C18H13F3N6O3.C15H12F3N5O3.C3H2ClN/c19-13-5-14(15(20)16(21)17(13)25-3-1-11(28)2-4-25)27-9-12(30-18(27)29)8-26-7-10(6-22)23-24-26;16-10-5-11(23-7-9(6-20-21-19)26-15(23)25)12(17)13(18)14(10)22-3-1-8(24)2-4-22;1-3(4)2-5/h1,3,5,7,12H,2,4,8-9H2;1,3,5,9H,2,4,6-7H2;1H2/t12-;9-;/m00./s1. The Morgan fingerprint density at radius 1 is 0.852 bits per heavy atom. The first kappa shape index (κ1) is 44.5. The van der Waals surface area contributed by atoms with Gasteiger partial charge in [-0.15, -0.1) is 5.10 Å². The van der Waals surface area contributed by atoms with Crippen LogP contribution in [0.4, 0.5) is 58.7 Å². The molecule has 2 atom stereocenters. The first-order valence-electron chi connectivity index (χ1n) is 17.4. The second-order valence-corrected chi connectivity index (χ2v) is 13.2. The highest BCUT2D eigenvalue weighted by Gasteiger charge is 2.38. The van der Waals surface area contributed by atoms with Crippen LogP contribution >= 0.6 is 11.6 Å². The zero-order valence-corrected chi connectivity index (χ0v) is 31.8. The van der Waals surface area contributed by atoms with Gasteiger partial charge in [-0.2, -0.15) is 10.5 Å². The molecule has 25 heteroatoms. The molecule has 18 nitrogen and oxygen atoms in total. The minimum absolute atomic E-state index is 0.00161. The third-order valence-corrected chi connectivity index (χ3v) is 8.81. The van der Waals surface area contributed by atoms with Crippen LogP contribution in [0.1, 0.15) is 18.5 Å². The maximum Gasteiger partial charge on any atom is 0.414 e. The van der Waals surface area contributed by atoms with Crippen molar-refractivity contribution in [2.75, 3.05) is 52.3 Å². The van der Waals surface area contributed by atoms with Gasteiger partial charge in [-0.05, 0) is 17.7 Å². The quantitative estimate of drug-likeness (QED) is 0.0618. The number of ether oxygens (including phenoxy) is 2. The molecule has 2 amide bonds. The van der Waals surface area contributed by atoms with Crippen LogP contribution in [0.5, 0.6) is 0 Å². The van der Waals surface area contributed by atoms with Crippen molar-refractivity contribution < 1.29 is 55.0 Å². The molecule has 1 aromatic heterocycles. The van der Waals surface area contributed by atoms with Gasteiger partial charge >= 0.3 is 12.2 Å². The molecule has 0 aliphatic carbocycles. The fraction of sp³-hybridized carbons (Fsp3) is 0.278. The van der Waals surface area contributed by atoms with Gasteiger partial charge in [0.25, 0.3) is 0 Å². The summed E-state index contributed by atoms with van der Waals surface area (Å²) in [6.07, 6.45) is 2.44. The van der Waals surface area contributed by atoms with Crippen molar-refractivity contribution >= 4 is 58.1 Å². The van der Waals surface area contributed by atoms with Crippen LogP contribution in [0.15, 0.2) is 59.6 Å². The van der Waals surface area contributed by atoms with E-state index >= 15 is 0 Å². The Balaban J connectivity index is 0.000000210. The topological polar surface area (TPSA) is 227 Å². The summed E-state index contributed by atoms with van der Waals surface area (Å²) in [4.78, 5) is 52.7. The maximum absolute atomic E-state index is 14.7. The van der Waals surface area contributed by atoms with Crippen molar-refractivity contribution in [1.82, 2.24) is 15.0 Å². The van der Waals surface area contributed by atoms with Gasteiger partial charge in [-0.1, -0.05) is 28.5 Å². The smallest absolute Gasteiger partial charge is 0.414 e. The fourth-order valence-electron chi connectivity index (χ4n) is 5.96. The Labute approximate surface area is 344 Å². The zero-order chi connectivity index (χ0) is 44.5. The maximum atomic E-state index is 14.7. The summed E-state index contributed by atoms with van der Waals surface area (Å²) in [5.74, 6) is -8.39. The lowest BCUT2D eigenvalue weighted by Crippen LogP contribution is -2.29. The van der Waals surface area contributed by atoms with Gasteiger partial charge in [0.15, 0.2) is 52.2 Å². The summed E-state index contributed by atoms with van der Waals surface area (Å²) in [6.45, 7) is 2.51. The second-order valence-electron chi connectivity index (χ2n) is 12.8. The number of allylic oxidation sites excluding steroid dienone is 3. The third kappa shape index (κ3) is 10.4. The molecule has 0 N–H and O–H groups in total. The molecule has 7 rings (SSSR count). The van der Waals surface area contributed by atoms with E-state index in [2.05, 4.69) is 26.9 Å². The summed E-state index contributed by atoms with van der Waals surface area (Å²) >= 11 is 4.91. The monoisotopic (exact) mass is 872 g/mol. The lowest BCUT2D eigenvalue weighted by molar-refractivity contribution is -0.115. The van der Waals surface area contributed by atoms with Gasteiger partial charge in [0.05, 0.1) is 43.8 Å². The highest BCUT2D eigenvalue weighted by molar-refractivity contribution is 6.31. The number of nitriles is 2. The molecular formula is C36H27ClF6N12O6. The molecule has 2 aromatic carbocycles. The van der Waals surface area contributed by atoms with E-state index in [4.69, 9.17) is 37.1 Å². The Morgan fingerprint density at radius 3 is 1.74 bits per heavy atom. The largest absolute Gasteiger partial charge is 0.444 e. The normalized spacial score (nSPS) is 18.0. The predicted molar refractivity (Wildman–Crippen MR) is 199 cm³/mol. The Kier molecular flexibility index (Phi) is 14.2. The molecule has 4 aliphatic rings. The predicted octanol–water partition coefficient (Wildman–Crippen LogP) is 6.18. The van der Waals surface area contributed by atoms with Crippen LogP contribution in [-0.4, -0.2) is 83.7 Å². The highest BCUT2D eigenvalue weighted by Crippen LogP contribution is 2.37. The number of anilines is 4.